The van der Waals surface area contributed by atoms with Gasteiger partial charge in [0.25, 0.3) is 0 Å². The quantitative estimate of drug-likeness (QED) is 0.761. The van der Waals surface area contributed by atoms with E-state index in [9.17, 15) is 5.11 Å². The number of hydrogen-bond donors (Lipinski definition) is 1. The Kier molecular flexibility index (Phi) is 5.79. The van der Waals surface area contributed by atoms with Crippen LogP contribution in [0.3, 0.4) is 0 Å². The zero-order valence-electron chi connectivity index (χ0n) is 11.1. The van der Waals surface area contributed by atoms with Gasteiger partial charge in [-0.25, -0.2) is 0 Å². The highest BCUT2D eigenvalue weighted by molar-refractivity contribution is 4.77. The molecule has 2 nitrogen and oxygen atoms in total. The van der Waals surface area contributed by atoms with E-state index in [-0.39, 0.29) is 6.10 Å². The molecule has 1 saturated heterocycles. The van der Waals surface area contributed by atoms with Crippen LogP contribution in [0.15, 0.2) is 0 Å². The van der Waals surface area contributed by atoms with E-state index in [0.717, 1.165) is 24.7 Å². The average Bonchev–Trinajstić information content (AvgIpc) is 2.38. The average molecular weight is 238 g/mol. The highest BCUT2D eigenvalue weighted by atomic mass is 16.3. The minimum Gasteiger partial charge on any atom is -0.852 e. The fourth-order valence-corrected chi connectivity index (χ4v) is 3.63. The summed E-state index contributed by atoms with van der Waals surface area (Å²) in [6.45, 7) is 2.45. The summed E-state index contributed by atoms with van der Waals surface area (Å²) >= 11 is 0. The lowest BCUT2D eigenvalue weighted by Gasteiger charge is -2.32. The van der Waals surface area contributed by atoms with Crippen molar-refractivity contribution in [1.29, 1.82) is 0 Å². The second kappa shape index (κ2) is 7.38. The Morgan fingerprint density at radius 1 is 0.647 bits per heavy atom. The fourth-order valence-electron chi connectivity index (χ4n) is 3.63. The molecule has 0 unspecified atom stereocenters. The SMILES string of the molecule is [O-]C1CCCCC(C2CCNCC2)CCCC1. The van der Waals surface area contributed by atoms with Gasteiger partial charge in [-0.3, -0.25) is 0 Å². The molecule has 0 aromatic rings. The van der Waals surface area contributed by atoms with E-state index in [1.165, 1.54) is 64.5 Å². The van der Waals surface area contributed by atoms with E-state index in [4.69, 9.17) is 0 Å². The van der Waals surface area contributed by atoms with Gasteiger partial charge in [-0.2, -0.15) is 0 Å². The molecule has 2 aliphatic rings. The first-order chi connectivity index (χ1) is 8.36. The maximum atomic E-state index is 11.6. The molecule has 1 aliphatic carbocycles. The van der Waals surface area contributed by atoms with Gasteiger partial charge in [-0.05, 0) is 37.8 Å². The van der Waals surface area contributed by atoms with Crippen molar-refractivity contribution in [2.24, 2.45) is 11.8 Å². The molecule has 0 spiro atoms. The molecule has 1 N–H and O–H groups in total. The van der Waals surface area contributed by atoms with Crippen LogP contribution in [0.1, 0.15) is 64.2 Å². The predicted molar refractivity (Wildman–Crippen MR) is 69.8 cm³/mol. The van der Waals surface area contributed by atoms with Crippen molar-refractivity contribution in [3.8, 4) is 0 Å². The first-order valence-electron chi connectivity index (χ1n) is 7.73. The lowest BCUT2D eigenvalue weighted by atomic mass is 9.78. The Morgan fingerprint density at radius 2 is 1.12 bits per heavy atom. The third kappa shape index (κ3) is 4.59. The molecule has 1 saturated carbocycles. The van der Waals surface area contributed by atoms with Gasteiger partial charge in [0.05, 0.1) is 0 Å². The van der Waals surface area contributed by atoms with Crippen molar-refractivity contribution >= 4 is 0 Å². The van der Waals surface area contributed by atoms with E-state index >= 15 is 0 Å². The zero-order chi connectivity index (χ0) is 11.9. The third-order valence-electron chi connectivity index (χ3n) is 4.75. The van der Waals surface area contributed by atoms with Crippen LogP contribution in [0.4, 0.5) is 0 Å². The normalized spacial score (nSPS) is 34.4. The molecule has 2 heteroatoms. The minimum absolute atomic E-state index is 0.259. The molecule has 0 bridgehead atoms. The van der Waals surface area contributed by atoms with Gasteiger partial charge in [-0.1, -0.05) is 51.4 Å². The summed E-state index contributed by atoms with van der Waals surface area (Å²) in [6, 6.07) is 0. The summed E-state index contributed by atoms with van der Waals surface area (Å²) in [5.41, 5.74) is 0. The van der Waals surface area contributed by atoms with Gasteiger partial charge in [0.1, 0.15) is 0 Å². The van der Waals surface area contributed by atoms with E-state index in [0.29, 0.717) is 0 Å². The van der Waals surface area contributed by atoms with Gasteiger partial charge in [0.2, 0.25) is 0 Å². The fraction of sp³-hybridized carbons (Fsp3) is 1.00. The van der Waals surface area contributed by atoms with Crippen LogP contribution in [0.25, 0.3) is 0 Å². The number of nitrogens with one attached hydrogen (secondary N) is 1. The Balaban J connectivity index is 1.79. The third-order valence-corrected chi connectivity index (χ3v) is 4.75. The second-order valence-electron chi connectivity index (χ2n) is 6.04. The monoisotopic (exact) mass is 238 g/mol. The van der Waals surface area contributed by atoms with E-state index in [2.05, 4.69) is 5.32 Å². The van der Waals surface area contributed by atoms with Crippen molar-refractivity contribution in [3.63, 3.8) is 0 Å². The second-order valence-corrected chi connectivity index (χ2v) is 6.04. The van der Waals surface area contributed by atoms with Crippen LogP contribution in [0.2, 0.25) is 0 Å². The largest absolute Gasteiger partial charge is 0.852 e. The lowest BCUT2D eigenvalue weighted by Crippen LogP contribution is -2.32. The van der Waals surface area contributed by atoms with Gasteiger partial charge in [-0.15, -0.1) is 6.10 Å². The van der Waals surface area contributed by atoms with Crippen molar-refractivity contribution in [2.45, 2.75) is 70.3 Å². The topological polar surface area (TPSA) is 35.1 Å². The molecular weight excluding hydrogens is 210 g/mol. The van der Waals surface area contributed by atoms with Crippen LogP contribution >= 0.6 is 0 Å². The summed E-state index contributed by atoms with van der Waals surface area (Å²) < 4.78 is 0. The molecule has 2 fully saturated rings. The van der Waals surface area contributed by atoms with Crippen molar-refractivity contribution < 1.29 is 5.11 Å². The Morgan fingerprint density at radius 3 is 1.71 bits per heavy atom. The van der Waals surface area contributed by atoms with Crippen molar-refractivity contribution in [3.05, 3.63) is 0 Å². The lowest BCUT2D eigenvalue weighted by molar-refractivity contribution is -0.423. The Labute approximate surface area is 106 Å². The van der Waals surface area contributed by atoms with Crippen LogP contribution in [0, 0.1) is 11.8 Å². The van der Waals surface area contributed by atoms with E-state index in [1.54, 1.807) is 0 Å². The van der Waals surface area contributed by atoms with Gasteiger partial charge < -0.3 is 10.4 Å². The molecule has 1 heterocycles. The molecule has 0 amide bonds. The smallest absolute Gasteiger partial charge is 0.00462 e. The highest BCUT2D eigenvalue weighted by Gasteiger charge is 2.23. The molecule has 1 aliphatic heterocycles. The van der Waals surface area contributed by atoms with Crippen LogP contribution in [-0.2, 0) is 0 Å². The minimum atomic E-state index is -0.259. The molecule has 0 aromatic carbocycles. The van der Waals surface area contributed by atoms with Crippen molar-refractivity contribution in [2.75, 3.05) is 13.1 Å². The molecule has 100 valence electrons. The van der Waals surface area contributed by atoms with Gasteiger partial charge in [0.15, 0.2) is 0 Å². The maximum Gasteiger partial charge on any atom is -0.00462 e. The maximum absolute atomic E-state index is 11.6. The number of piperidine rings is 1. The van der Waals surface area contributed by atoms with Gasteiger partial charge in [0, 0.05) is 0 Å². The first-order valence-corrected chi connectivity index (χ1v) is 7.73. The summed E-state index contributed by atoms with van der Waals surface area (Å²) in [5.74, 6) is 1.93. The molecule has 0 atom stereocenters. The van der Waals surface area contributed by atoms with Crippen LogP contribution in [-0.4, -0.2) is 19.2 Å². The van der Waals surface area contributed by atoms with Crippen LogP contribution < -0.4 is 10.4 Å². The highest BCUT2D eigenvalue weighted by Crippen LogP contribution is 2.31. The summed E-state index contributed by atoms with van der Waals surface area (Å²) in [7, 11) is 0. The Bertz CT molecular complexity index is 189. The Hall–Kier alpha value is -0.0800. The van der Waals surface area contributed by atoms with E-state index in [1.807, 2.05) is 0 Å². The molecule has 2 rings (SSSR count). The number of rotatable bonds is 1. The van der Waals surface area contributed by atoms with Crippen LogP contribution in [0.5, 0.6) is 0 Å². The molecule has 0 radical (unpaired) electrons. The molecule has 0 aromatic heterocycles. The van der Waals surface area contributed by atoms with Gasteiger partial charge >= 0.3 is 0 Å². The summed E-state index contributed by atoms with van der Waals surface area (Å²) in [4.78, 5) is 0. The number of hydrogen-bond acceptors (Lipinski definition) is 2. The molecule has 17 heavy (non-hydrogen) atoms. The summed E-state index contributed by atoms with van der Waals surface area (Å²) in [5, 5.41) is 15.0. The first kappa shape index (κ1) is 13.4. The standard InChI is InChI=1S/C15H28NO/c17-15-7-3-1-5-13(6-2-4-8-15)14-9-11-16-12-10-14/h13-16H,1-12H2/q-1. The molecular formula is C15H28NO-. The predicted octanol–water partition coefficient (Wildman–Crippen LogP) is 2.47. The summed E-state index contributed by atoms with van der Waals surface area (Å²) in [6.07, 6.45) is 12.1. The van der Waals surface area contributed by atoms with E-state index < -0.39 is 0 Å². The van der Waals surface area contributed by atoms with Crippen molar-refractivity contribution in [1.82, 2.24) is 5.32 Å². The zero-order valence-corrected chi connectivity index (χ0v) is 11.1.